The highest BCUT2D eigenvalue weighted by Gasteiger charge is 2.16. The lowest BCUT2D eigenvalue weighted by Crippen LogP contribution is -2.10. The Bertz CT molecular complexity index is 575. The maximum atomic E-state index is 12.4. The number of aromatic nitrogens is 2. The molecule has 4 heteroatoms. The van der Waals surface area contributed by atoms with E-state index in [1.165, 1.54) is 0 Å². The molecule has 0 fully saturated rings. The first-order chi connectivity index (χ1) is 8.65. The number of benzene rings is 1. The number of carbonyl (C=O) groups excluding carboxylic acids is 1. The van der Waals surface area contributed by atoms with Gasteiger partial charge in [0, 0.05) is 17.1 Å². The maximum Gasteiger partial charge on any atom is 0.211 e. The Morgan fingerprint density at radius 1 is 1.33 bits per heavy atom. The van der Waals surface area contributed by atoms with Crippen molar-refractivity contribution < 1.29 is 4.79 Å². The molecule has 0 amide bonds. The average molecular weight is 263 g/mol. The molecule has 2 aromatic rings. The van der Waals surface area contributed by atoms with Gasteiger partial charge in [-0.2, -0.15) is 5.10 Å². The van der Waals surface area contributed by atoms with E-state index in [0.29, 0.717) is 22.8 Å². The highest BCUT2D eigenvalue weighted by molar-refractivity contribution is 6.31. The second-order valence-corrected chi connectivity index (χ2v) is 4.47. The van der Waals surface area contributed by atoms with Crippen LogP contribution in [0.3, 0.4) is 0 Å². The summed E-state index contributed by atoms with van der Waals surface area (Å²) in [7, 11) is 0. The molecule has 0 bridgehead atoms. The molecule has 0 saturated carbocycles. The van der Waals surface area contributed by atoms with Crippen LogP contribution in [0.25, 0.3) is 0 Å². The second kappa shape index (κ2) is 5.36. The third-order valence-corrected chi connectivity index (χ3v) is 3.05. The van der Waals surface area contributed by atoms with Crippen LogP contribution in [0, 0.1) is 0 Å². The number of hydrogen-bond acceptors (Lipinski definition) is 2. The number of carbonyl (C=O) groups is 1. The van der Waals surface area contributed by atoms with E-state index < -0.39 is 0 Å². The van der Waals surface area contributed by atoms with Crippen molar-refractivity contribution in [2.24, 2.45) is 0 Å². The third-order valence-electron chi connectivity index (χ3n) is 2.81. The van der Waals surface area contributed by atoms with Gasteiger partial charge in [-0.25, -0.2) is 0 Å². The second-order valence-electron chi connectivity index (χ2n) is 4.03. The highest BCUT2D eigenvalue weighted by atomic mass is 35.5. The topological polar surface area (TPSA) is 34.9 Å². The maximum absolute atomic E-state index is 12.4. The molecule has 1 heterocycles. The fourth-order valence-corrected chi connectivity index (χ4v) is 2.03. The summed E-state index contributed by atoms with van der Waals surface area (Å²) in [5.41, 5.74) is 2.15. The van der Waals surface area contributed by atoms with Gasteiger partial charge in [-0.3, -0.25) is 9.48 Å². The summed E-state index contributed by atoms with van der Waals surface area (Å²) in [5, 5.41) is 4.95. The van der Waals surface area contributed by atoms with Gasteiger partial charge in [0.1, 0.15) is 5.69 Å². The number of nitrogens with zero attached hydrogens (tertiary/aromatic N) is 2. The van der Waals surface area contributed by atoms with E-state index in [9.17, 15) is 4.79 Å². The Kier molecular flexibility index (Phi) is 3.82. The largest absolute Gasteiger partial charge is 0.287 e. The van der Waals surface area contributed by atoms with E-state index in [0.717, 1.165) is 12.1 Å². The highest BCUT2D eigenvalue weighted by Crippen LogP contribution is 2.16. The summed E-state index contributed by atoms with van der Waals surface area (Å²) in [5.74, 6) is -0.0356. The minimum absolute atomic E-state index is 0.0356. The van der Waals surface area contributed by atoms with Gasteiger partial charge < -0.3 is 0 Å². The van der Waals surface area contributed by atoms with E-state index in [-0.39, 0.29) is 5.78 Å². The van der Waals surface area contributed by atoms with Crippen molar-refractivity contribution in [3.63, 3.8) is 0 Å². The molecule has 0 radical (unpaired) electrons. The molecule has 3 nitrogen and oxygen atoms in total. The third kappa shape index (κ3) is 2.46. The van der Waals surface area contributed by atoms with Gasteiger partial charge in [0.15, 0.2) is 0 Å². The van der Waals surface area contributed by atoms with Crippen molar-refractivity contribution in [3.05, 3.63) is 52.3 Å². The molecule has 18 heavy (non-hydrogen) atoms. The molecule has 0 saturated heterocycles. The van der Waals surface area contributed by atoms with Gasteiger partial charge in [0.2, 0.25) is 5.78 Å². The quantitative estimate of drug-likeness (QED) is 0.792. The van der Waals surface area contributed by atoms with Gasteiger partial charge in [-0.1, -0.05) is 30.7 Å². The van der Waals surface area contributed by atoms with Crippen LogP contribution in [0.1, 0.15) is 35.6 Å². The molecular formula is C14H15ClN2O. The predicted octanol–water partition coefficient (Wildman–Crippen LogP) is 3.35. The SMILES string of the molecule is CCc1cc(C(=O)c2cccc(Cl)c2)n(CC)n1. The van der Waals surface area contributed by atoms with E-state index in [2.05, 4.69) is 5.10 Å². The molecule has 94 valence electrons. The zero-order valence-electron chi connectivity index (χ0n) is 10.5. The molecule has 0 aliphatic rings. The average Bonchev–Trinajstić information content (AvgIpc) is 2.81. The van der Waals surface area contributed by atoms with E-state index >= 15 is 0 Å². The van der Waals surface area contributed by atoms with E-state index in [1.807, 2.05) is 19.9 Å². The molecule has 0 unspecified atom stereocenters. The molecule has 1 aromatic heterocycles. The first kappa shape index (κ1) is 12.8. The molecule has 1 aromatic carbocycles. The van der Waals surface area contributed by atoms with Gasteiger partial charge in [-0.15, -0.1) is 0 Å². The first-order valence-electron chi connectivity index (χ1n) is 6.02. The Morgan fingerprint density at radius 3 is 2.72 bits per heavy atom. The van der Waals surface area contributed by atoms with Crippen LogP contribution < -0.4 is 0 Å². The van der Waals surface area contributed by atoms with Crippen molar-refractivity contribution in [1.82, 2.24) is 9.78 Å². The van der Waals surface area contributed by atoms with Crippen LogP contribution in [0.15, 0.2) is 30.3 Å². The number of rotatable bonds is 4. The number of hydrogen-bond donors (Lipinski definition) is 0. The molecule has 0 aliphatic heterocycles. The minimum Gasteiger partial charge on any atom is -0.287 e. The van der Waals surface area contributed by atoms with Crippen molar-refractivity contribution in [2.45, 2.75) is 26.8 Å². The van der Waals surface area contributed by atoms with Crippen LogP contribution in [-0.4, -0.2) is 15.6 Å². The number of aryl methyl sites for hydroxylation is 2. The molecule has 0 spiro atoms. The number of ketones is 1. The smallest absolute Gasteiger partial charge is 0.211 e. The van der Waals surface area contributed by atoms with Gasteiger partial charge in [0.25, 0.3) is 0 Å². The predicted molar refractivity (Wildman–Crippen MR) is 72.2 cm³/mol. The van der Waals surface area contributed by atoms with Gasteiger partial charge in [0.05, 0.1) is 5.69 Å². The molecular weight excluding hydrogens is 248 g/mol. The van der Waals surface area contributed by atoms with E-state index in [1.54, 1.807) is 28.9 Å². The van der Waals surface area contributed by atoms with Gasteiger partial charge >= 0.3 is 0 Å². The lowest BCUT2D eigenvalue weighted by molar-refractivity contribution is 0.102. The van der Waals surface area contributed by atoms with Crippen molar-refractivity contribution >= 4 is 17.4 Å². The molecule has 0 N–H and O–H groups in total. The monoisotopic (exact) mass is 262 g/mol. The summed E-state index contributed by atoms with van der Waals surface area (Å²) >= 11 is 5.91. The molecule has 2 rings (SSSR count). The van der Waals surface area contributed by atoms with Crippen molar-refractivity contribution in [2.75, 3.05) is 0 Å². The van der Waals surface area contributed by atoms with E-state index in [4.69, 9.17) is 11.6 Å². The first-order valence-corrected chi connectivity index (χ1v) is 6.40. The summed E-state index contributed by atoms with van der Waals surface area (Å²) in [6.07, 6.45) is 0.822. The summed E-state index contributed by atoms with van der Waals surface area (Å²) in [6.45, 7) is 4.68. The minimum atomic E-state index is -0.0356. The number of halogens is 1. The Hall–Kier alpha value is -1.61. The Labute approximate surface area is 111 Å². The van der Waals surface area contributed by atoms with Crippen LogP contribution in [0.5, 0.6) is 0 Å². The zero-order chi connectivity index (χ0) is 13.1. The van der Waals surface area contributed by atoms with Gasteiger partial charge in [-0.05, 0) is 31.5 Å². The Morgan fingerprint density at radius 2 is 2.11 bits per heavy atom. The summed E-state index contributed by atoms with van der Waals surface area (Å²) in [6, 6.07) is 8.85. The standard InChI is InChI=1S/C14H15ClN2O/c1-3-12-9-13(17(4-2)16-12)14(18)10-6-5-7-11(15)8-10/h5-9H,3-4H2,1-2H3. The summed E-state index contributed by atoms with van der Waals surface area (Å²) < 4.78 is 1.74. The van der Waals surface area contributed by atoms with Crippen molar-refractivity contribution in [3.8, 4) is 0 Å². The Balaban J connectivity index is 2.42. The van der Waals surface area contributed by atoms with Crippen LogP contribution >= 0.6 is 11.6 Å². The van der Waals surface area contributed by atoms with Crippen molar-refractivity contribution in [1.29, 1.82) is 0 Å². The zero-order valence-corrected chi connectivity index (χ0v) is 11.2. The van der Waals surface area contributed by atoms with Crippen LogP contribution in [0.4, 0.5) is 0 Å². The van der Waals surface area contributed by atoms with Crippen LogP contribution in [0.2, 0.25) is 5.02 Å². The molecule has 0 aliphatic carbocycles. The fraction of sp³-hybridized carbons (Fsp3) is 0.286. The summed E-state index contributed by atoms with van der Waals surface area (Å²) in [4.78, 5) is 12.4. The normalized spacial score (nSPS) is 10.6. The molecule has 0 atom stereocenters. The van der Waals surface area contributed by atoms with Crippen LogP contribution in [-0.2, 0) is 13.0 Å². The lowest BCUT2D eigenvalue weighted by Gasteiger charge is -2.03. The lowest BCUT2D eigenvalue weighted by atomic mass is 10.1. The fourth-order valence-electron chi connectivity index (χ4n) is 1.84.